The van der Waals surface area contributed by atoms with E-state index in [9.17, 15) is 13.2 Å². The summed E-state index contributed by atoms with van der Waals surface area (Å²) in [5, 5.41) is 6.90. The molecule has 0 atom stereocenters. The van der Waals surface area contributed by atoms with E-state index in [0.29, 0.717) is 6.54 Å². The topological polar surface area (TPSA) is 93.1 Å². The minimum atomic E-state index is -3.45. The molecule has 2 aromatic rings. The molecule has 0 aliphatic heterocycles. The molecule has 1 amide bonds. The molecule has 8 heteroatoms. The molecule has 0 unspecified atom stereocenters. The van der Waals surface area contributed by atoms with E-state index in [2.05, 4.69) is 15.1 Å². The monoisotopic (exact) mass is 348 g/mol. The van der Waals surface area contributed by atoms with E-state index >= 15 is 0 Å². The van der Waals surface area contributed by atoms with Gasteiger partial charge in [0.05, 0.1) is 11.1 Å². The first-order valence-electron chi connectivity index (χ1n) is 7.45. The average molecular weight is 348 g/mol. The van der Waals surface area contributed by atoms with Gasteiger partial charge in [0, 0.05) is 30.9 Å². The van der Waals surface area contributed by atoms with Crippen LogP contribution in [0, 0.1) is 0 Å². The Kier molecular flexibility index (Phi) is 5.88. The van der Waals surface area contributed by atoms with Gasteiger partial charge in [0.15, 0.2) is 0 Å². The Morgan fingerprint density at radius 1 is 1.29 bits per heavy atom. The van der Waals surface area contributed by atoms with E-state index in [1.807, 2.05) is 13.1 Å². The molecular formula is C16H20N4O3S. The standard InChI is InChI=1S/C16H20N4O3S/c1-3-20-12-14(11-19-20)10-18-16(21)9-6-13-4-7-15(8-5-13)24(22,23)17-2/h4-9,11-12,17H,3,10H2,1-2H3,(H,18,21)/b9-6+. The Hall–Kier alpha value is -2.45. The number of aryl methyl sites for hydroxylation is 1. The zero-order valence-corrected chi connectivity index (χ0v) is 14.4. The quantitative estimate of drug-likeness (QED) is 0.734. The fourth-order valence-corrected chi connectivity index (χ4v) is 2.70. The maximum Gasteiger partial charge on any atom is 0.244 e. The van der Waals surface area contributed by atoms with Crippen molar-refractivity contribution >= 4 is 22.0 Å². The van der Waals surface area contributed by atoms with Crippen LogP contribution in [-0.2, 0) is 27.9 Å². The van der Waals surface area contributed by atoms with E-state index in [1.54, 1.807) is 29.1 Å². The fourth-order valence-electron chi connectivity index (χ4n) is 1.97. The van der Waals surface area contributed by atoms with Gasteiger partial charge in [-0.25, -0.2) is 13.1 Å². The van der Waals surface area contributed by atoms with Gasteiger partial charge in [0.25, 0.3) is 0 Å². The lowest BCUT2D eigenvalue weighted by atomic mass is 10.2. The molecule has 0 aliphatic carbocycles. The number of nitrogens with one attached hydrogen (secondary N) is 2. The van der Waals surface area contributed by atoms with E-state index in [4.69, 9.17) is 0 Å². The maximum absolute atomic E-state index is 11.8. The predicted octanol–water partition coefficient (Wildman–Crippen LogP) is 1.14. The summed E-state index contributed by atoms with van der Waals surface area (Å²) in [7, 11) is -2.09. The molecule has 0 aliphatic rings. The first kappa shape index (κ1) is 17.9. The smallest absolute Gasteiger partial charge is 0.244 e. The van der Waals surface area contributed by atoms with Crippen LogP contribution in [0.4, 0.5) is 0 Å². The van der Waals surface area contributed by atoms with Crippen LogP contribution in [0.1, 0.15) is 18.1 Å². The van der Waals surface area contributed by atoms with Crippen molar-refractivity contribution in [2.75, 3.05) is 7.05 Å². The lowest BCUT2D eigenvalue weighted by molar-refractivity contribution is -0.116. The van der Waals surface area contributed by atoms with Crippen molar-refractivity contribution in [3.8, 4) is 0 Å². The second kappa shape index (κ2) is 7.89. The van der Waals surface area contributed by atoms with Gasteiger partial charge in [0.1, 0.15) is 0 Å². The first-order valence-corrected chi connectivity index (χ1v) is 8.94. The molecule has 0 bridgehead atoms. The molecule has 7 nitrogen and oxygen atoms in total. The molecular weight excluding hydrogens is 328 g/mol. The van der Waals surface area contributed by atoms with Crippen molar-refractivity contribution in [3.05, 3.63) is 53.9 Å². The molecule has 2 rings (SSSR count). The van der Waals surface area contributed by atoms with Gasteiger partial charge in [-0.3, -0.25) is 9.48 Å². The van der Waals surface area contributed by atoms with E-state index in [-0.39, 0.29) is 10.8 Å². The van der Waals surface area contributed by atoms with Crippen LogP contribution in [0.5, 0.6) is 0 Å². The molecule has 0 radical (unpaired) electrons. The average Bonchev–Trinajstić information content (AvgIpc) is 3.06. The van der Waals surface area contributed by atoms with Crippen molar-refractivity contribution < 1.29 is 13.2 Å². The molecule has 1 aromatic carbocycles. The Morgan fingerprint density at radius 2 is 2.00 bits per heavy atom. The van der Waals surface area contributed by atoms with Crippen molar-refractivity contribution in [2.24, 2.45) is 0 Å². The molecule has 24 heavy (non-hydrogen) atoms. The van der Waals surface area contributed by atoms with Crippen LogP contribution >= 0.6 is 0 Å². The van der Waals surface area contributed by atoms with Crippen LogP contribution in [0.25, 0.3) is 6.08 Å². The van der Waals surface area contributed by atoms with Gasteiger partial charge < -0.3 is 5.32 Å². The number of carbonyl (C=O) groups excluding carboxylic acids is 1. The van der Waals surface area contributed by atoms with Crippen LogP contribution < -0.4 is 10.0 Å². The molecule has 2 N–H and O–H groups in total. The largest absolute Gasteiger partial charge is 0.348 e. The first-order chi connectivity index (χ1) is 11.4. The highest BCUT2D eigenvalue weighted by atomic mass is 32.2. The summed E-state index contributed by atoms with van der Waals surface area (Å²) in [6.07, 6.45) is 6.63. The van der Waals surface area contributed by atoms with Crippen molar-refractivity contribution in [1.82, 2.24) is 19.8 Å². The summed E-state index contributed by atoms with van der Waals surface area (Å²) in [6.45, 7) is 3.18. The molecule has 0 saturated carbocycles. The summed E-state index contributed by atoms with van der Waals surface area (Å²) >= 11 is 0. The Morgan fingerprint density at radius 3 is 2.58 bits per heavy atom. The van der Waals surface area contributed by atoms with E-state index in [0.717, 1.165) is 17.7 Å². The van der Waals surface area contributed by atoms with Gasteiger partial charge in [0.2, 0.25) is 15.9 Å². The molecule has 1 aromatic heterocycles. The second-order valence-corrected chi connectivity index (χ2v) is 6.92. The van der Waals surface area contributed by atoms with E-state index < -0.39 is 10.0 Å². The van der Waals surface area contributed by atoms with Crippen LogP contribution in [0.2, 0.25) is 0 Å². The third kappa shape index (κ3) is 4.77. The van der Waals surface area contributed by atoms with Crippen LogP contribution in [0.3, 0.4) is 0 Å². The minimum absolute atomic E-state index is 0.180. The summed E-state index contributed by atoms with van der Waals surface area (Å²) in [4.78, 5) is 12.0. The highest BCUT2D eigenvalue weighted by Crippen LogP contribution is 2.11. The van der Waals surface area contributed by atoms with Crippen molar-refractivity contribution in [2.45, 2.75) is 24.9 Å². The number of rotatable bonds is 7. The number of benzene rings is 1. The number of carbonyl (C=O) groups is 1. The highest BCUT2D eigenvalue weighted by molar-refractivity contribution is 7.89. The molecule has 128 valence electrons. The van der Waals surface area contributed by atoms with Crippen molar-refractivity contribution in [1.29, 1.82) is 0 Å². The summed E-state index contributed by atoms with van der Waals surface area (Å²) in [6, 6.07) is 6.25. The Labute approximate surface area is 141 Å². The predicted molar refractivity (Wildman–Crippen MR) is 91.5 cm³/mol. The summed E-state index contributed by atoms with van der Waals surface area (Å²) in [5.41, 5.74) is 1.67. The van der Waals surface area contributed by atoms with Gasteiger partial charge in [-0.1, -0.05) is 12.1 Å². The lowest BCUT2D eigenvalue weighted by Gasteiger charge is -2.02. The van der Waals surface area contributed by atoms with Crippen molar-refractivity contribution in [3.63, 3.8) is 0 Å². The van der Waals surface area contributed by atoms with Crippen LogP contribution in [0.15, 0.2) is 47.6 Å². The number of hydrogen-bond acceptors (Lipinski definition) is 4. The third-order valence-electron chi connectivity index (χ3n) is 3.36. The van der Waals surface area contributed by atoms with Crippen LogP contribution in [-0.4, -0.2) is 31.2 Å². The number of hydrogen-bond donors (Lipinski definition) is 2. The fraction of sp³-hybridized carbons (Fsp3) is 0.250. The number of nitrogens with zero attached hydrogens (tertiary/aromatic N) is 2. The van der Waals surface area contributed by atoms with E-state index in [1.165, 1.54) is 25.3 Å². The molecule has 0 saturated heterocycles. The molecule has 1 heterocycles. The number of amides is 1. The number of sulfonamides is 1. The normalized spacial score (nSPS) is 11.8. The van der Waals surface area contributed by atoms with Gasteiger partial charge in [-0.2, -0.15) is 5.10 Å². The summed E-state index contributed by atoms with van der Waals surface area (Å²) in [5.74, 6) is -0.230. The maximum atomic E-state index is 11.8. The second-order valence-electron chi connectivity index (χ2n) is 5.03. The summed E-state index contributed by atoms with van der Waals surface area (Å²) < 4.78 is 27.3. The molecule has 0 fully saturated rings. The van der Waals surface area contributed by atoms with Gasteiger partial charge in [-0.15, -0.1) is 0 Å². The van der Waals surface area contributed by atoms with Gasteiger partial charge in [-0.05, 0) is 37.7 Å². The molecule has 0 spiro atoms. The zero-order valence-electron chi connectivity index (χ0n) is 13.6. The van der Waals surface area contributed by atoms with Gasteiger partial charge >= 0.3 is 0 Å². The third-order valence-corrected chi connectivity index (χ3v) is 4.79. The minimum Gasteiger partial charge on any atom is -0.348 e. The number of aromatic nitrogens is 2. The Bertz CT molecular complexity index is 823. The Balaban J connectivity index is 1.91. The highest BCUT2D eigenvalue weighted by Gasteiger charge is 2.09. The SMILES string of the molecule is CCn1cc(CNC(=O)/C=C/c2ccc(S(=O)(=O)NC)cc2)cn1. The lowest BCUT2D eigenvalue weighted by Crippen LogP contribution is -2.19. The zero-order chi connectivity index (χ0) is 17.6.